The molecule has 7 heteroatoms. The number of anilines is 1. The summed E-state index contributed by atoms with van der Waals surface area (Å²) in [6, 6.07) is 7.36. The molecule has 0 amide bonds. The minimum absolute atomic E-state index is 0.0604. The standard InChI is InChI=1S/C14H14F2N2O2S/c1-9-10(3-2-4-13(9)17)8-18-21(19,20)14-7-11(15)5-6-12(14)16/h2-7,18H,8,17H2,1H3. The summed E-state index contributed by atoms with van der Waals surface area (Å²) in [4.78, 5) is -0.718. The molecule has 0 spiro atoms. The summed E-state index contributed by atoms with van der Waals surface area (Å²) in [7, 11) is -4.15. The predicted molar refractivity (Wildman–Crippen MR) is 76.0 cm³/mol. The monoisotopic (exact) mass is 312 g/mol. The van der Waals surface area contributed by atoms with Gasteiger partial charge in [-0.3, -0.25) is 0 Å². The van der Waals surface area contributed by atoms with E-state index in [1.54, 1.807) is 25.1 Å². The Labute approximate surface area is 121 Å². The second-order valence-electron chi connectivity index (χ2n) is 4.53. The van der Waals surface area contributed by atoms with E-state index in [9.17, 15) is 17.2 Å². The van der Waals surface area contributed by atoms with Crippen LogP contribution in [0.1, 0.15) is 11.1 Å². The van der Waals surface area contributed by atoms with Gasteiger partial charge in [0, 0.05) is 12.2 Å². The van der Waals surface area contributed by atoms with Crippen LogP contribution in [0.2, 0.25) is 0 Å². The lowest BCUT2D eigenvalue weighted by Gasteiger charge is -2.11. The molecule has 2 rings (SSSR count). The molecular weight excluding hydrogens is 298 g/mol. The zero-order valence-corrected chi connectivity index (χ0v) is 12.0. The molecule has 0 bridgehead atoms. The van der Waals surface area contributed by atoms with Crippen LogP contribution in [0.3, 0.4) is 0 Å². The van der Waals surface area contributed by atoms with Crippen LogP contribution in [0.4, 0.5) is 14.5 Å². The quantitative estimate of drug-likeness (QED) is 0.851. The van der Waals surface area contributed by atoms with Gasteiger partial charge in [-0.2, -0.15) is 0 Å². The molecule has 0 unspecified atom stereocenters. The summed E-state index contributed by atoms with van der Waals surface area (Å²) in [6.07, 6.45) is 0. The molecule has 0 fully saturated rings. The van der Waals surface area contributed by atoms with Crippen LogP contribution in [0, 0.1) is 18.6 Å². The van der Waals surface area contributed by atoms with Crippen molar-refractivity contribution < 1.29 is 17.2 Å². The third-order valence-electron chi connectivity index (χ3n) is 3.12. The Balaban J connectivity index is 2.26. The van der Waals surface area contributed by atoms with Crippen molar-refractivity contribution in [1.29, 1.82) is 0 Å². The Morgan fingerprint density at radius 1 is 1.19 bits per heavy atom. The molecular formula is C14H14F2N2O2S. The molecule has 0 saturated carbocycles. The molecule has 3 N–H and O–H groups in total. The van der Waals surface area contributed by atoms with Crippen molar-refractivity contribution in [3.63, 3.8) is 0 Å². The maximum atomic E-state index is 13.5. The highest BCUT2D eigenvalue weighted by molar-refractivity contribution is 7.89. The highest BCUT2D eigenvalue weighted by Crippen LogP contribution is 2.18. The van der Waals surface area contributed by atoms with Gasteiger partial charge in [0.05, 0.1) is 0 Å². The number of hydrogen-bond acceptors (Lipinski definition) is 3. The lowest BCUT2D eigenvalue weighted by molar-refractivity contribution is 0.545. The van der Waals surface area contributed by atoms with Crippen LogP contribution in [-0.2, 0) is 16.6 Å². The number of nitrogens with one attached hydrogen (secondary N) is 1. The zero-order chi connectivity index (χ0) is 15.6. The average molecular weight is 312 g/mol. The van der Waals surface area contributed by atoms with E-state index in [1.807, 2.05) is 0 Å². The van der Waals surface area contributed by atoms with Crippen LogP contribution in [-0.4, -0.2) is 8.42 Å². The number of hydrogen-bond donors (Lipinski definition) is 2. The van der Waals surface area contributed by atoms with E-state index < -0.39 is 26.6 Å². The summed E-state index contributed by atoms with van der Waals surface area (Å²) in [5.74, 6) is -1.83. The number of nitrogens with two attached hydrogens (primary N) is 1. The van der Waals surface area contributed by atoms with Crippen molar-refractivity contribution in [2.75, 3.05) is 5.73 Å². The van der Waals surface area contributed by atoms with Gasteiger partial charge in [0.25, 0.3) is 0 Å². The Kier molecular flexibility index (Phi) is 4.24. The van der Waals surface area contributed by atoms with E-state index in [-0.39, 0.29) is 6.54 Å². The molecule has 0 atom stereocenters. The highest BCUT2D eigenvalue weighted by atomic mass is 32.2. The number of benzene rings is 2. The van der Waals surface area contributed by atoms with Crippen molar-refractivity contribution >= 4 is 15.7 Å². The van der Waals surface area contributed by atoms with Crippen LogP contribution >= 0.6 is 0 Å². The van der Waals surface area contributed by atoms with Crippen LogP contribution in [0.25, 0.3) is 0 Å². The number of nitrogen functional groups attached to an aromatic ring is 1. The molecule has 0 heterocycles. The topological polar surface area (TPSA) is 72.2 Å². The summed E-state index contributed by atoms with van der Waals surface area (Å²) in [5, 5.41) is 0. The molecule has 112 valence electrons. The van der Waals surface area contributed by atoms with Crippen LogP contribution in [0.5, 0.6) is 0 Å². The average Bonchev–Trinajstić information content (AvgIpc) is 2.43. The Bertz CT molecular complexity index is 777. The highest BCUT2D eigenvalue weighted by Gasteiger charge is 2.20. The summed E-state index contributed by atoms with van der Waals surface area (Å²) in [5.41, 5.74) is 7.66. The molecule has 0 aliphatic heterocycles. The van der Waals surface area contributed by atoms with Gasteiger partial charge in [0.15, 0.2) is 0 Å². The molecule has 0 aliphatic carbocycles. The minimum Gasteiger partial charge on any atom is -0.399 e. The van der Waals surface area contributed by atoms with Crippen molar-refractivity contribution in [3.05, 3.63) is 59.2 Å². The first-order valence-electron chi connectivity index (χ1n) is 6.10. The first-order valence-corrected chi connectivity index (χ1v) is 7.58. The number of rotatable bonds is 4. The van der Waals surface area contributed by atoms with Crippen molar-refractivity contribution in [2.24, 2.45) is 0 Å². The van der Waals surface area contributed by atoms with E-state index in [2.05, 4.69) is 4.72 Å². The molecule has 0 saturated heterocycles. The number of halogens is 2. The summed E-state index contributed by atoms with van der Waals surface area (Å²) >= 11 is 0. The largest absolute Gasteiger partial charge is 0.399 e. The van der Waals surface area contributed by atoms with Crippen LogP contribution < -0.4 is 10.5 Å². The normalized spacial score (nSPS) is 11.6. The van der Waals surface area contributed by atoms with Crippen molar-refractivity contribution in [2.45, 2.75) is 18.4 Å². The third-order valence-corrected chi connectivity index (χ3v) is 4.54. The molecule has 21 heavy (non-hydrogen) atoms. The SMILES string of the molecule is Cc1c(N)cccc1CNS(=O)(=O)c1cc(F)ccc1F. The molecule has 0 aromatic heterocycles. The van der Waals surface area contributed by atoms with Crippen molar-refractivity contribution in [1.82, 2.24) is 4.72 Å². The predicted octanol–water partition coefficient (Wildman–Crippen LogP) is 2.33. The summed E-state index contributed by atoms with van der Waals surface area (Å²) < 4.78 is 52.9. The molecule has 4 nitrogen and oxygen atoms in total. The second kappa shape index (κ2) is 5.79. The fourth-order valence-corrected chi connectivity index (χ4v) is 2.92. The van der Waals surface area contributed by atoms with Crippen LogP contribution in [0.15, 0.2) is 41.3 Å². The van der Waals surface area contributed by atoms with E-state index in [0.717, 1.165) is 17.7 Å². The Morgan fingerprint density at radius 3 is 2.62 bits per heavy atom. The van der Waals surface area contributed by atoms with Gasteiger partial charge in [0.2, 0.25) is 10.0 Å². The maximum Gasteiger partial charge on any atom is 0.243 e. The first kappa shape index (κ1) is 15.4. The van der Waals surface area contributed by atoms with Gasteiger partial charge in [0.1, 0.15) is 16.5 Å². The lowest BCUT2D eigenvalue weighted by Crippen LogP contribution is -2.24. The number of sulfonamides is 1. The fraction of sp³-hybridized carbons (Fsp3) is 0.143. The zero-order valence-electron chi connectivity index (χ0n) is 11.2. The Hall–Kier alpha value is -1.99. The third kappa shape index (κ3) is 3.37. The Morgan fingerprint density at radius 2 is 1.90 bits per heavy atom. The van der Waals surface area contributed by atoms with Gasteiger partial charge in [-0.15, -0.1) is 0 Å². The van der Waals surface area contributed by atoms with Gasteiger partial charge in [-0.05, 0) is 42.3 Å². The van der Waals surface area contributed by atoms with Gasteiger partial charge in [-0.25, -0.2) is 21.9 Å². The van der Waals surface area contributed by atoms with E-state index >= 15 is 0 Å². The smallest absolute Gasteiger partial charge is 0.243 e. The maximum absolute atomic E-state index is 13.5. The van der Waals surface area contributed by atoms with Crippen molar-refractivity contribution in [3.8, 4) is 0 Å². The molecule has 0 radical (unpaired) electrons. The van der Waals surface area contributed by atoms with E-state index in [0.29, 0.717) is 17.3 Å². The molecule has 2 aromatic carbocycles. The second-order valence-corrected chi connectivity index (χ2v) is 6.27. The van der Waals surface area contributed by atoms with Gasteiger partial charge in [-0.1, -0.05) is 12.1 Å². The molecule has 2 aromatic rings. The fourth-order valence-electron chi connectivity index (χ4n) is 1.83. The van der Waals surface area contributed by atoms with E-state index in [4.69, 9.17) is 5.73 Å². The molecule has 0 aliphatic rings. The van der Waals surface area contributed by atoms with Gasteiger partial charge >= 0.3 is 0 Å². The lowest BCUT2D eigenvalue weighted by atomic mass is 10.1. The van der Waals surface area contributed by atoms with Gasteiger partial charge < -0.3 is 5.73 Å². The first-order chi connectivity index (χ1) is 9.81. The minimum atomic E-state index is -4.15. The summed E-state index contributed by atoms with van der Waals surface area (Å²) in [6.45, 7) is 1.69. The van der Waals surface area contributed by atoms with E-state index in [1.165, 1.54) is 0 Å².